The lowest BCUT2D eigenvalue weighted by atomic mass is 9.88. The third-order valence-electron chi connectivity index (χ3n) is 8.03. The van der Waals surface area contributed by atoms with Gasteiger partial charge in [0.25, 0.3) is 0 Å². The first-order valence-electron chi connectivity index (χ1n) is 13.2. The number of aromatic nitrogens is 1. The Hall–Kier alpha value is -1.65. The summed E-state index contributed by atoms with van der Waals surface area (Å²) in [5.74, 6) is 0.331. The second-order valence-electron chi connectivity index (χ2n) is 10.8. The zero-order valence-electron chi connectivity index (χ0n) is 21.9. The number of ether oxygens (including phenoxy) is 2. The van der Waals surface area contributed by atoms with E-state index in [1.807, 2.05) is 0 Å². The molecule has 2 saturated heterocycles. The van der Waals surface area contributed by atoms with E-state index in [1.165, 1.54) is 22.6 Å². The van der Waals surface area contributed by atoms with Crippen molar-refractivity contribution in [1.82, 2.24) is 14.6 Å². The van der Waals surface area contributed by atoms with Crippen molar-refractivity contribution in [3.63, 3.8) is 0 Å². The molecule has 1 spiro atoms. The van der Waals surface area contributed by atoms with Crippen LogP contribution in [-0.4, -0.2) is 98.3 Å². The highest BCUT2D eigenvalue weighted by atomic mass is 79.9. The van der Waals surface area contributed by atoms with Gasteiger partial charge in [0.1, 0.15) is 23.4 Å². The predicted molar refractivity (Wildman–Crippen MR) is 149 cm³/mol. The Balaban J connectivity index is 1.07. The largest absolute Gasteiger partial charge is 0.491 e. The van der Waals surface area contributed by atoms with Crippen molar-refractivity contribution < 1.29 is 36.5 Å². The molecule has 14 heteroatoms. The summed E-state index contributed by atoms with van der Waals surface area (Å²) in [6.07, 6.45) is 4.80. The summed E-state index contributed by atoms with van der Waals surface area (Å²) in [5.41, 5.74) is -0.403. The SMILES string of the molecule is O=S(=O)(c1cncc(Br)c1)N1CCC2(CC1)C[C@@H](NC[C@H](O)COc1cccc(S(=O)(=O)C3(CO)CC3)c1)CO2. The van der Waals surface area contributed by atoms with Gasteiger partial charge in [0.05, 0.1) is 28.5 Å². The zero-order chi connectivity index (χ0) is 28.6. The second-order valence-corrected chi connectivity index (χ2v) is 16.0. The van der Waals surface area contributed by atoms with Gasteiger partial charge in [0.2, 0.25) is 10.0 Å². The summed E-state index contributed by atoms with van der Waals surface area (Å²) in [6, 6.07) is 7.69. The number of halogens is 1. The van der Waals surface area contributed by atoms with Crippen molar-refractivity contribution in [3.05, 3.63) is 47.2 Å². The first-order valence-corrected chi connectivity index (χ1v) is 16.9. The van der Waals surface area contributed by atoms with E-state index < -0.39 is 42.9 Å². The molecule has 1 aromatic carbocycles. The maximum Gasteiger partial charge on any atom is 0.244 e. The van der Waals surface area contributed by atoms with E-state index in [1.54, 1.807) is 24.4 Å². The number of aliphatic hydroxyl groups is 2. The van der Waals surface area contributed by atoms with Gasteiger partial charge >= 0.3 is 0 Å². The fourth-order valence-corrected chi connectivity index (χ4v) is 9.11. The molecule has 5 rings (SSSR count). The molecule has 0 radical (unpaired) electrons. The Morgan fingerprint density at radius 1 is 1.12 bits per heavy atom. The Morgan fingerprint density at radius 3 is 2.55 bits per heavy atom. The van der Waals surface area contributed by atoms with E-state index in [9.17, 15) is 27.0 Å². The monoisotopic (exact) mass is 659 g/mol. The van der Waals surface area contributed by atoms with Crippen molar-refractivity contribution in [2.45, 2.75) is 64.4 Å². The van der Waals surface area contributed by atoms with Gasteiger partial charge in [-0.2, -0.15) is 4.31 Å². The molecular weight excluding hydrogens is 626 g/mol. The van der Waals surface area contributed by atoms with E-state index in [4.69, 9.17) is 9.47 Å². The molecule has 0 amide bonds. The summed E-state index contributed by atoms with van der Waals surface area (Å²) in [7, 11) is -7.29. The number of sulfone groups is 1. The van der Waals surface area contributed by atoms with E-state index in [0.29, 0.717) is 62.0 Å². The van der Waals surface area contributed by atoms with Gasteiger partial charge in [-0.15, -0.1) is 0 Å². The summed E-state index contributed by atoms with van der Waals surface area (Å²) in [4.78, 5) is 4.23. The summed E-state index contributed by atoms with van der Waals surface area (Å²) >= 11 is 3.27. The minimum Gasteiger partial charge on any atom is -0.491 e. The number of pyridine rings is 1. The number of benzene rings is 1. The van der Waals surface area contributed by atoms with Crippen LogP contribution >= 0.6 is 15.9 Å². The molecule has 3 aliphatic rings. The number of nitrogens with one attached hydrogen (secondary N) is 1. The molecular formula is C26H34BrN3O8S2. The smallest absolute Gasteiger partial charge is 0.244 e. The molecule has 220 valence electrons. The molecule has 40 heavy (non-hydrogen) atoms. The van der Waals surface area contributed by atoms with Gasteiger partial charge in [-0.05, 0) is 72.3 Å². The van der Waals surface area contributed by atoms with Crippen molar-refractivity contribution >= 4 is 35.8 Å². The summed E-state index contributed by atoms with van der Waals surface area (Å²) in [5, 5.41) is 23.3. The van der Waals surface area contributed by atoms with Crippen molar-refractivity contribution in [3.8, 4) is 5.75 Å². The normalized spacial score (nSPS) is 23.2. The van der Waals surface area contributed by atoms with Crippen molar-refractivity contribution in [2.75, 3.05) is 39.5 Å². The average molecular weight is 661 g/mol. The first-order chi connectivity index (χ1) is 19.0. The van der Waals surface area contributed by atoms with Gasteiger partial charge in [-0.25, -0.2) is 16.8 Å². The van der Waals surface area contributed by atoms with Crippen molar-refractivity contribution in [2.24, 2.45) is 0 Å². The highest BCUT2D eigenvalue weighted by molar-refractivity contribution is 9.10. The van der Waals surface area contributed by atoms with Crippen LogP contribution in [0.4, 0.5) is 0 Å². The van der Waals surface area contributed by atoms with Crippen molar-refractivity contribution in [1.29, 1.82) is 0 Å². The summed E-state index contributed by atoms with van der Waals surface area (Å²) < 4.78 is 64.5. The van der Waals surface area contributed by atoms with E-state index in [0.717, 1.165) is 0 Å². The molecule has 1 saturated carbocycles. The van der Waals surface area contributed by atoms with Crippen LogP contribution in [0.5, 0.6) is 5.75 Å². The summed E-state index contributed by atoms with van der Waals surface area (Å²) in [6.45, 7) is 0.989. The Bertz CT molecular complexity index is 1430. The lowest BCUT2D eigenvalue weighted by Gasteiger charge is -2.38. The number of rotatable bonds is 11. The van der Waals surface area contributed by atoms with Gasteiger partial charge in [0, 0.05) is 42.5 Å². The molecule has 11 nitrogen and oxygen atoms in total. The lowest BCUT2D eigenvalue weighted by Crippen LogP contribution is -2.47. The number of hydrogen-bond acceptors (Lipinski definition) is 10. The third kappa shape index (κ3) is 6.09. The van der Waals surface area contributed by atoms with Crippen LogP contribution in [0.2, 0.25) is 0 Å². The number of hydrogen-bond donors (Lipinski definition) is 3. The van der Waals surface area contributed by atoms with E-state index >= 15 is 0 Å². The first kappa shape index (κ1) is 29.8. The van der Waals surface area contributed by atoms with E-state index in [2.05, 4.69) is 26.2 Å². The molecule has 0 bridgehead atoms. The number of aliphatic hydroxyl groups excluding tert-OH is 2. The molecule has 1 aromatic heterocycles. The second kappa shape index (κ2) is 11.6. The fourth-order valence-electron chi connectivity index (χ4n) is 5.33. The quantitative estimate of drug-likeness (QED) is 0.323. The topological polar surface area (TPSA) is 155 Å². The average Bonchev–Trinajstić information content (AvgIpc) is 3.67. The van der Waals surface area contributed by atoms with Crippen LogP contribution in [0.15, 0.2) is 57.0 Å². The highest BCUT2D eigenvalue weighted by Crippen LogP contribution is 2.46. The van der Waals surface area contributed by atoms with Gasteiger partial charge in [-0.3, -0.25) is 4.98 Å². The lowest BCUT2D eigenvalue weighted by molar-refractivity contribution is -0.0312. The van der Waals surface area contributed by atoms with Gasteiger partial charge < -0.3 is 25.0 Å². The van der Waals surface area contributed by atoms with Crippen LogP contribution in [0, 0.1) is 0 Å². The number of piperidine rings is 1. The van der Waals surface area contributed by atoms with Crippen LogP contribution in [0.25, 0.3) is 0 Å². The molecule has 3 fully saturated rings. The van der Waals surface area contributed by atoms with Crippen LogP contribution < -0.4 is 10.1 Å². The Kier molecular flexibility index (Phi) is 8.62. The van der Waals surface area contributed by atoms with E-state index in [-0.39, 0.29) is 29.0 Å². The molecule has 2 aliphatic heterocycles. The zero-order valence-corrected chi connectivity index (χ0v) is 25.1. The highest BCUT2D eigenvalue weighted by Gasteiger charge is 2.54. The molecule has 3 N–H and O–H groups in total. The molecule has 3 heterocycles. The maximum atomic E-state index is 13.0. The molecule has 2 atom stereocenters. The standard InChI is InChI=1S/C26H34BrN3O8S2/c27-19-10-24(15-28-13-19)40(35,36)30-8-6-25(7-9-30)12-20(16-38-25)29-14-21(32)17-37-22-2-1-3-23(11-22)39(33,34)26(18-31)4-5-26/h1-3,10-11,13,15,20-21,29,31-32H,4-9,12,14,16-18H2/t20-,21+/m1/s1. The molecule has 1 aliphatic carbocycles. The van der Waals surface area contributed by atoms with Crippen LogP contribution in [-0.2, 0) is 24.6 Å². The Labute approximate surface area is 243 Å². The minimum absolute atomic E-state index is 0.00812. The number of nitrogens with zero attached hydrogens (tertiary/aromatic N) is 2. The fraction of sp³-hybridized carbons (Fsp3) is 0.577. The van der Waals surface area contributed by atoms with Crippen LogP contribution in [0.1, 0.15) is 32.1 Å². The Morgan fingerprint density at radius 2 is 1.88 bits per heavy atom. The number of sulfonamides is 1. The maximum absolute atomic E-state index is 13.0. The minimum atomic E-state index is -3.66. The molecule has 0 unspecified atom stereocenters. The van der Waals surface area contributed by atoms with Crippen LogP contribution in [0.3, 0.4) is 0 Å². The predicted octanol–water partition coefficient (Wildman–Crippen LogP) is 1.48. The molecule has 2 aromatic rings. The third-order valence-corrected chi connectivity index (χ3v) is 12.9. The van der Waals surface area contributed by atoms with Gasteiger partial charge in [-0.1, -0.05) is 6.07 Å². The van der Waals surface area contributed by atoms with Gasteiger partial charge in [0.15, 0.2) is 9.84 Å².